The van der Waals surface area contributed by atoms with E-state index in [4.69, 9.17) is 10.8 Å². The highest BCUT2D eigenvalue weighted by atomic mass is 16.6. The smallest absolute Gasteiger partial charge is 0.305 e. The minimum absolute atomic E-state index is 0.0820. The number of aliphatic carboxylic acids is 1. The summed E-state index contributed by atoms with van der Waals surface area (Å²) in [4.78, 5) is 20.5. The molecule has 3 N–H and O–H groups in total. The molecule has 1 atom stereocenters. The highest BCUT2D eigenvalue weighted by molar-refractivity contribution is 5.68. The fourth-order valence-corrected chi connectivity index (χ4v) is 1.44. The molecule has 0 bridgehead atoms. The zero-order chi connectivity index (χ0) is 14.3. The minimum Gasteiger partial charge on any atom is -0.481 e. The molecule has 0 amide bonds. The van der Waals surface area contributed by atoms with E-state index in [9.17, 15) is 14.9 Å². The lowest BCUT2D eigenvalue weighted by Crippen LogP contribution is -2.16. The molecule has 0 heterocycles. The van der Waals surface area contributed by atoms with Crippen molar-refractivity contribution < 1.29 is 14.8 Å². The van der Waals surface area contributed by atoms with Gasteiger partial charge >= 0.3 is 5.97 Å². The van der Waals surface area contributed by atoms with E-state index in [1.54, 1.807) is 13.0 Å². The number of nitro groups is 1. The van der Waals surface area contributed by atoms with Crippen LogP contribution in [0.5, 0.6) is 0 Å². The Balaban J connectivity index is 0.00000137. The van der Waals surface area contributed by atoms with Crippen LogP contribution in [0.3, 0.4) is 0 Å². The van der Waals surface area contributed by atoms with Gasteiger partial charge in [-0.1, -0.05) is 19.9 Å². The molecule has 18 heavy (non-hydrogen) atoms. The van der Waals surface area contributed by atoms with Crippen LogP contribution in [0.25, 0.3) is 0 Å². The first kappa shape index (κ1) is 16.1. The van der Waals surface area contributed by atoms with E-state index >= 15 is 0 Å². The van der Waals surface area contributed by atoms with E-state index in [2.05, 4.69) is 0 Å². The van der Waals surface area contributed by atoms with Crippen molar-refractivity contribution in [3.63, 3.8) is 0 Å². The number of non-ortho nitro benzene ring substituents is 1. The van der Waals surface area contributed by atoms with Crippen molar-refractivity contribution in [2.24, 2.45) is 5.73 Å². The number of aryl methyl sites for hydroxylation is 1. The molecule has 0 saturated carbocycles. The number of carboxylic acids is 1. The summed E-state index contributed by atoms with van der Waals surface area (Å²) >= 11 is 0. The Hall–Kier alpha value is -1.95. The second-order valence-electron chi connectivity index (χ2n) is 3.50. The zero-order valence-corrected chi connectivity index (χ0v) is 10.7. The average molecular weight is 254 g/mol. The monoisotopic (exact) mass is 254 g/mol. The fraction of sp³-hybridized carbons (Fsp3) is 0.417. The summed E-state index contributed by atoms with van der Waals surface area (Å²) in [6.07, 6.45) is -0.248. The van der Waals surface area contributed by atoms with Gasteiger partial charge in [0.1, 0.15) is 0 Å². The van der Waals surface area contributed by atoms with Gasteiger partial charge in [-0.25, -0.2) is 0 Å². The SMILES string of the molecule is CC.Cc1ccc([N+](=O)[O-])cc1C(N)CC(=O)O. The van der Waals surface area contributed by atoms with E-state index in [1.165, 1.54) is 12.1 Å². The summed E-state index contributed by atoms with van der Waals surface area (Å²) < 4.78 is 0. The highest BCUT2D eigenvalue weighted by Crippen LogP contribution is 2.23. The van der Waals surface area contributed by atoms with Gasteiger partial charge in [-0.05, 0) is 18.1 Å². The number of rotatable bonds is 4. The predicted octanol–water partition coefficient (Wildman–Crippen LogP) is 2.40. The van der Waals surface area contributed by atoms with Gasteiger partial charge in [0.2, 0.25) is 0 Å². The maximum absolute atomic E-state index is 10.6. The maximum Gasteiger partial charge on any atom is 0.305 e. The number of nitro benzene ring substituents is 1. The summed E-state index contributed by atoms with van der Waals surface area (Å²) in [6.45, 7) is 5.74. The lowest BCUT2D eigenvalue weighted by molar-refractivity contribution is -0.384. The number of carboxylic acid groups (broad SMARTS) is 1. The van der Waals surface area contributed by atoms with E-state index in [-0.39, 0.29) is 12.1 Å². The van der Waals surface area contributed by atoms with Crippen LogP contribution >= 0.6 is 0 Å². The molecule has 0 fully saturated rings. The normalized spacial score (nSPS) is 11.1. The molecule has 0 saturated heterocycles. The average Bonchev–Trinajstić information content (AvgIpc) is 2.30. The van der Waals surface area contributed by atoms with E-state index in [1.807, 2.05) is 13.8 Å². The number of nitrogens with zero attached hydrogens (tertiary/aromatic N) is 1. The van der Waals surface area contributed by atoms with Gasteiger partial charge in [-0.2, -0.15) is 0 Å². The predicted molar refractivity (Wildman–Crippen MR) is 68.4 cm³/mol. The number of hydrogen-bond donors (Lipinski definition) is 2. The van der Waals surface area contributed by atoms with Crippen LogP contribution in [-0.4, -0.2) is 16.0 Å². The quantitative estimate of drug-likeness (QED) is 0.633. The lowest BCUT2D eigenvalue weighted by atomic mass is 9.99. The van der Waals surface area contributed by atoms with Gasteiger partial charge in [-0.3, -0.25) is 14.9 Å². The van der Waals surface area contributed by atoms with E-state index < -0.39 is 16.9 Å². The van der Waals surface area contributed by atoms with Crippen LogP contribution in [0, 0.1) is 17.0 Å². The second kappa shape index (κ2) is 7.39. The number of hydrogen-bond acceptors (Lipinski definition) is 4. The van der Waals surface area contributed by atoms with Crippen molar-refractivity contribution in [1.29, 1.82) is 0 Å². The van der Waals surface area contributed by atoms with Crippen LogP contribution in [0.15, 0.2) is 18.2 Å². The minimum atomic E-state index is -1.03. The summed E-state index contributed by atoms with van der Waals surface area (Å²) in [7, 11) is 0. The Kier molecular flexibility index (Phi) is 6.59. The van der Waals surface area contributed by atoms with Crippen LogP contribution in [0.2, 0.25) is 0 Å². The topological polar surface area (TPSA) is 106 Å². The van der Waals surface area contributed by atoms with Crippen LogP contribution in [0.4, 0.5) is 5.69 Å². The van der Waals surface area contributed by atoms with E-state index in [0.717, 1.165) is 5.56 Å². The Morgan fingerprint density at radius 1 is 1.50 bits per heavy atom. The Bertz CT molecular complexity index is 432. The van der Waals surface area contributed by atoms with Gasteiger partial charge < -0.3 is 10.8 Å². The van der Waals surface area contributed by atoms with Gasteiger partial charge in [0.25, 0.3) is 5.69 Å². The van der Waals surface area contributed by atoms with Crippen molar-refractivity contribution >= 4 is 11.7 Å². The second-order valence-corrected chi connectivity index (χ2v) is 3.50. The first-order valence-corrected chi connectivity index (χ1v) is 5.64. The summed E-state index contributed by atoms with van der Waals surface area (Å²) in [5, 5.41) is 19.2. The van der Waals surface area contributed by atoms with Crippen molar-refractivity contribution in [3.05, 3.63) is 39.4 Å². The highest BCUT2D eigenvalue weighted by Gasteiger charge is 2.16. The van der Waals surface area contributed by atoms with Gasteiger partial charge in [0.05, 0.1) is 11.3 Å². The third-order valence-electron chi connectivity index (χ3n) is 2.27. The van der Waals surface area contributed by atoms with Gasteiger partial charge in [0.15, 0.2) is 0 Å². The Labute approximate surface area is 106 Å². The van der Waals surface area contributed by atoms with Crippen molar-refractivity contribution in [2.75, 3.05) is 0 Å². The van der Waals surface area contributed by atoms with Crippen LogP contribution in [0.1, 0.15) is 37.4 Å². The molecule has 1 unspecified atom stereocenters. The molecule has 0 spiro atoms. The third-order valence-corrected chi connectivity index (χ3v) is 2.27. The van der Waals surface area contributed by atoms with Gasteiger partial charge in [0, 0.05) is 18.2 Å². The molecule has 6 nitrogen and oxygen atoms in total. The Morgan fingerprint density at radius 3 is 2.50 bits per heavy atom. The third kappa shape index (κ3) is 4.50. The van der Waals surface area contributed by atoms with E-state index in [0.29, 0.717) is 5.56 Å². The molecular weight excluding hydrogens is 236 g/mol. The van der Waals surface area contributed by atoms with Crippen molar-refractivity contribution in [2.45, 2.75) is 33.2 Å². The molecule has 0 aliphatic heterocycles. The van der Waals surface area contributed by atoms with Crippen LogP contribution < -0.4 is 5.73 Å². The largest absolute Gasteiger partial charge is 0.481 e. The molecule has 0 aliphatic carbocycles. The Morgan fingerprint density at radius 2 is 2.06 bits per heavy atom. The van der Waals surface area contributed by atoms with Crippen molar-refractivity contribution in [3.8, 4) is 0 Å². The molecule has 6 heteroatoms. The number of nitrogens with two attached hydrogens (primary N) is 1. The molecule has 1 aromatic carbocycles. The zero-order valence-electron chi connectivity index (χ0n) is 10.7. The maximum atomic E-state index is 10.6. The molecular formula is C12H18N2O4. The molecule has 1 rings (SSSR count). The molecule has 0 aliphatic rings. The summed E-state index contributed by atoms with van der Waals surface area (Å²) in [5.41, 5.74) is 6.83. The molecule has 1 aromatic rings. The van der Waals surface area contributed by atoms with Crippen LogP contribution in [-0.2, 0) is 4.79 Å². The fourth-order valence-electron chi connectivity index (χ4n) is 1.44. The van der Waals surface area contributed by atoms with Gasteiger partial charge in [-0.15, -0.1) is 0 Å². The number of carbonyl (C=O) groups is 1. The molecule has 0 radical (unpaired) electrons. The number of benzene rings is 1. The lowest BCUT2D eigenvalue weighted by Gasteiger charge is -2.12. The summed E-state index contributed by atoms with van der Waals surface area (Å²) in [6, 6.07) is 3.53. The standard InChI is InChI=1S/C10H12N2O4.C2H6/c1-6-2-3-7(12(15)16)4-8(6)9(11)5-10(13)14;1-2/h2-4,9H,5,11H2,1H3,(H,13,14);1-2H3. The molecule has 100 valence electrons. The van der Waals surface area contributed by atoms with Crippen molar-refractivity contribution in [1.82, 2.24) is 0 Å². The summed E-state index contributed by atoms with van der Waals surface area (Å²) in [5.74, 6) is -1.03. The first-order valence-electron chi connectivity index (χ1n) is 5.64. The first-order chi connectivity index (χ1) is 8.41. The molecule has 0 aromatic heterocycles.